The van der Waals surface area contributed by atoms with Crippen LogP contribution in [0.5, 0.6) is 0 Å². The number of hydrogen-bond acceptors (Lipinski definition) is 3. The third-order valence-corrected chi connectivity index (χ3v) is 5.26. The van der Waals surface area contributed by atoms with E-state index in [2.05, 4.69) is 43.4 Å². The lowest BCUT2D eigenvalue weighted by Crippen LogP contribution is -2.20. The molecule has 0 aliphatic carbocycles. The summed E-state index contributed by atoms with van der Waals surface area (Å²) in [5, 5.41) is 16.8. The summed E-state index contributed by atoms with van der Waals surface area (Å²) in [5.41, 5.74) is 0. The summed E-state index contributed by atoms with van der Waals surface area (Å²) in [6.45, 7) is 2.19. The normalized spacial score (nSPS) is 13.1. The molecule has 0 rings (SSSR count). The van der Waals surface area contributed by atoms with Crippen LogP contribution in [0.3, 0.4) is 0 Å². The number of thioether (sulfide) groups is 1. The minimum atomic E-state index is -1.05. The fourth-order valence-electron chi connectivity index (χ4n) is 2.44. The van der Waals surface area contributed by atoms with Crippen molar-refractivity contribution < 1.29 is 19.8 Å². The fourth-order valence-corrected chi connectivity index (χ4v) is 3.50. The van der Waals surface area contributed by atoms with Crippen molar-refractivity contribution in [1.29, 1.82) is 0 Å². The van der Waals surface area contributed by atoms with Crippen LogP contribution in [-0.2, 0) is 9.59 Å². The van der Waals surface area contributed by atoms with Crippen molar-refractivity contribution in [3.05, 3.63) is 36.5 Å². The lowest BCUT2D eigenvalue weighted by Gasteiger charge is -2.09. The molecule has 0 heterocycles. The predicted molar refractivity (Wildman–Crippen MR) is 115 cm³/mol. The van der Waals surface area contributed by atoms with Gasteiger partial charge in [-0.2, -0.15) is 0 Å². The Morgan fingerprint density at radius 1 is 0.815 bits per heavy atom. The van der Waals surface area contributed by atoms with Crippen LogP contribution in [0, 0.1) is 0 Å². The molecule has 0 spiro atoms. The van der Waals surface area contributed by atoms with E-state index < -0.39 is 17.2 Å². The van der Waals surface area contributed by atoms with E-state index in [4.69, 9.17) is 10.2 Å². The molecule has 0 radical (unpaired) electrons. The quantitative estimate of drug-likeness (QED) is 0.212. The fraction of sp³-hybridized carbons (Fsp3) is 0.636. The van der Waals surface area contributed by atoms with Gasteiger partial charge in [-0.05, 0) is 44.3 Å². The SMILES string of the molecule is CCCC=CCC=CCC=CCCCCCCCSC(CC(=O)O)C(=O)O. The predicted octanol–water partition coefficient (Wildman–Crippen LogP) is 6.24. The molecule has 1 unspecified atom stereocenters. The lowest BCUT2D eigenvalue weighted by atomic mass is 10.1. The molecule has 0 fully saturated rings. The Kier molecular flexibility index (Phi) is 18.2. The highest BCUT2D eigenvalue weighted by atomic mass is 32.2. The number of aliphatic carboxylic acids is 2. The topological polar surface area (TPSA) is 74.6 Å². The van der Waals surface area contributed by atoms with E-state index in [9.17, 15) is 9.59 Å². The number of carboxylic acid groups (broad SMARTS) is 2. The summed E-state index contributed by atoms with van der Waals surface area (Å²) < 4.78 is 0. The molecule has 0 aromatic heterocycles. The lowest BCUT2D eigenvalue weighted by molar-refractivity contribution is -0.142. The monoisotopic (exact) mass is 396 g/mol. The van der Waals surface area contributed by atoms with Gasteiger partial charge in [-0.1, -0.05) is 69.1 Å². The maximum atomic E-state index is 10.9. The smallest absolute Gasteiger partial charge is 0.317 e. The third-order valence-electron chi connectivity index (χ3n) is 3.97. The summed E-state index contributed by atoms with van der Waals surface area (Å²) in [4.78, 5) is 21.5. The maximum Gasteiger partial charge on any atom is 0.317 e. The van der Waals surface area contributed by atoms with E-state index in [1.807, 2.05) is 0 Å². The molecule has 0 aromatic carbocycles. The molecule has 0 amide bonds. The van der Waals surface area contributed by atoms with Crippen LogP contribution in [0.15, 0.2) is 36.5 Å². The Hall–Kier alpha value is -1.49. The number of carbonyl (C=O) groups is 2. The molecule has 4 nitrogen and oxygen atoms in total. The minimum absolute atomic E-state index is 0.308. The van der Waals surface area contributed by atoms with Crippen molar-refractivity contribution in [2.45, 2.75) is 82.8 Å². The minimum Gasteiger partial charge on any atom is -0.481 e. The number of unbranched alkanes of at least 4 members (excludes halogenated alkanes) is 6. The second-order valence-electron chi connectivity index (χ2n) is 6.53. The molecule has 0 aliphatic heterocycles. The Balaban J connectivity index is 3.47. The molecular formula is C22H36O4S. The van der Waals surface area contributed by atoms with Crippen molar-refractivity contribution in [2.24, 2.45) is 0 Å². The Morgan fingerprint density at radius 3 is 1.96 bits per heavy atom. The van der Waals surface area contributed by atoms with Gasteiger partial charge in [0.15, 0.2) is 0 Å². The van der Waals surface area contributed by atoms with Gasteiger partial charge in [0, 0.05) is 0 Å². The second-order valence-corrected chi connectivity index (χ2v) is 7.84. The molecular weight excluding hydrogens is 360 g/mol. The van der Waals surface area contributed by atoms with Gasteiger partial charge in [-0.3, -0.25) is 9.59 Å². The highest BCUT2D eigenvalue weighted by Crippen LogP contribution is 2.18. The van der Waals surface area contributed by atoms with Crippen LogP contribution in [0.1, 0.15) is 77.6 Å². The zero-order chi connectivity index (χ0) is 20.2. The summed E-state index contributed by atoms with van der Waals surface area (Å²) in [5.74, 6) is -1.37. The highest BCUT2D eigenvalue weighted by molar-refractivity contribution is 8.00. The van der Waals surface area contributed by atoms with E-state index in [0.717, 1.165) is 38.5 Å². The molecule has 27 heavy (non-hydrogen) atoms. The van der Waals surface area contributed by atoms with E-state index in [0.29, 0.717) is 5.75 Å². The number of hydrogen-bond donors (Lipinski definition) is 2. The van der Waals surface area contributed by atoms with Gasteiger partial charge in [0.05, 0.1) is 6.42 Å². The van der Waals surface area contributed by atoms with Crippen molar-refractivity contribution in [3.8, 4) is 0 Å². The first-order valence-electron chi connectivity index (χ1n) is 10.1. The van der Waals surface area contributed by atoms with E-state index in [1.165, 1.54) is 37.4 Å². The van der Waals surface area contributed by atoms with Crippen LogP contribution in [-0.4, -0.2) is 33.2 Å². The molecule has 0 saturated carbocycles. The first kappa shape index (κ1) is 25.5. The molecule has 2 N–H and O–H groups in total. The first-order chi connectivity index (χ1) is 13.1. The zero-order valence-corrected chi connectivity index (χ0v) is 17.5. The van der Waals surface area contributed by atoms with Crippen LogP contribution in [0.2, 0.25) is 0 Å². The molecule has 0 saturated heterocycles. The van der Waals surface area contributed by atoms with Crippen LogP contribution in [0.25, 0.3) is 0 Å². The van der Waals surface area contributed by atoms with Gasteiger partial charge in [-0.25, -0.2) is 0 Å². The van der Waals surface area contributed by atoms with Crippen LogP contribution in [0.4, 0.5) is 0 Å². The van der Waals surface area contributed by atoms with Gasteiger partial charge < -0.3 is 10.2 Å². The molecule has 154 valence electrons. The average molecular weight is 397 g/mol. The van der Waals surface area contributed by atoms with Gasteiger partial charge in [0.1, 0.15) is 5.25 Å². The molecule has 0 aromatic rings. The van der Waals surface area contributed by atoms with Crippen LogP contribution < -0.4 is 0 Å². The van der Waals surface area contributed by atoms with E-state index >= 15 is 0 Å². The Bertz CT molecular complexity index is 469. The number of allylic oxidation sites excluding steroid dienone is 6. The summed E-state index contributed by atoms with van der Waals surface area (Å²) in [6, 6.07) is 0. The van der Waals surface area contributed by atoms with E-state index in [1.54, 1.807) is 0 Å². The van der Waals surface area contributed by atoms with Gasteiger partial charge in [0.2, 0.25) is 0 Å². The van der Waals surface area contributed by atoms with Gasteiger partial charge >= 0.3 is 11.9 Å². The van der Waals surface area contributed by atoms with Gasteiger partial charge in [0.25, 0.3) is 0 Å². The van der Waals surface area contributed by atoms with Crippen LogP contribution >= 0.6 is 11.8 Å². The Labute approximate surface area is 168 Å². The second kappa shape index (κ2) is 19.3. The first-order valence-corrected chi connectivity index (χ1v) is 11.1. The van der Waals surface area contributed by atoms with Crippen molar-refractivity contribution >= 4 is 23.7 Å². The Morgan fingerprint density at radius 2 is 1.37 bits per heavy atom. The summed E-state index contributed by atoms with van der Waals surface area (Å²) >= 11 is 1.24. The number of carboxylic acids is 2. The molecule has 0 bridgehead atoms. The van der Waals surface area contributed by atoms with Gasteiger partial charge in [-0.15, -0.1) is 11.8 Å². The third kappa shape index (κ3) is 19.1. The molecule has 1 atom stereocenters. The summed E-state index contributed by atoms with van der Waals surface area (Å²) in [6.07, 6.45) is 24.1. The maximum absolute atomic E-state index is 10.9. The number of rotatable bonds is 18. The zero-order valence-electron chi connectivity index (χ0n) is 16.6. The van der Waals surface area contributed by atoms with Crippen molar-refractivity contribution in [1.82, 2.24) is 0 Å². The molecule has 0 aliphatic rings. The average Bonchev–Trinajstić information content (AvgIpc) is 2.62. The van der Waals surface area contributed by atoms with E-state index in [-0.39, 0.29) is 6.42 Å². The highest BCUT2D eigenvalue weighted by Gasteiger charge is 2.20. The standard InChI is InChI=1S/C22H36O4S/c1-2-3-4-5-6-7-8-9-10-11-12-13-14-15-16-17-18-27-20(22(25)26)19-21(23)24/h4-5,7-8,10-11,20H,2-3,6,9,12-19H2,1H3,(H,23,24)(H,25,26). The van der Waals surface area contributed by atoms with Crippen molar-refractivity contribution in [3.63, 3.8) is 0 Å². The molecule has 5 heteroatoms. The largest absolute Gasteiger partial charge is 0.481 e. The van der Waals surface area contributed by atoms with Crippen molar-refractivity contribution in [2.75, 3.05) is 5.75 Å². The summed E-state index contributed by atoms with van der Waals surface area (Å²) in [7, 11) is 0.